The highest BCUT2D eigenvalue weighted by molar-refractivity contribution is 5.71. The van der Waals surface area contributed by atoms with Crippen molar-refractivity contribution in [2.45, 2.75) is 6.04 Å². The standard InChI is InChI=1S/C14H17NO5/c1-17-11-6-9(7-12(18-2)13(11)19-3)4-5-10-8-20-14(16)15-10/h4-7,10H,8H2,1-3H3,(H,15,16)/b5-4+/t10-/m0/s1. The van der Waals surface area contributed by atoms with E-state index in [2.05, 4.69) is 5.32 Å². The quantitative estimate of drug-likeness (QED) is 0.890. The molecular formula is C14H17NO5. The van der Waals surface area contributed by atoms with Crippen molar-refractivity contribution in [3.8, 4) is 17.2 Å². The van der Waals surface area contributed by atoms with E-state index in [0.717, 1.165) is 5.56 Å². The predicted molar refractivity (Wildman–Crippen MR) is 73.4 cm³/mol. The summed E-state index contributed by atoms with van der Waals surface area (Å²) < 4.78 is 20.6. The third-order valence-electron chi connectivity index (χ3n) is 2.91. The van der Waals surface area contributed by atoms with Crippen LogP contribution < -0.4 is 19.5 Å². The Labute approximate surface area is 117 Å². The first-order valence-corrected chi connectivity index (χ1v) is 6.09. The maximum absolute atomic E-state index is 10.9. The number of nitrogens with one attached hydrogen (secondary N) is 1. The molecule has 1 saturated heterocycles. The number of hydrogen-bond acceptors (Lipinski definition) is 5. The summed E-state index contributed by atoms with van der Waals surface area (Å²) in [5.41, 5.74) is 0.876. The molecule has 1 N–H and O–H groups in total. The highest BCUT2D eigenvalue weighted by Gasteiger charge is 2.19. The zero-order valence-electron chi connectivity index (χ0n) is 11.6. The summed E-state index contributed by atoms with van der Waals surface area (Å²) in [7, 11) is 4.69. The lowest BCUT2D eigenvalue weighted by Crippen LogP contribution is -2.23. The van der Waals surface area contributed by atoms with E-state index >= 15 is 0 Å². The van der Waals surface area contributed by atoms with E-state index in [-0.39, 0.29) is 6.04 Å². The van der Waals surface area contributed by atoms with Crippen LogP contribution in [0.25, 0.3) is 6.08 Å². The summed E-state index contributed by atoms with van der Waals surface area (Å²) in [4.78, 5) is 10.9. The van der Waals surface area contributed by atoms with Gasteiger partial charge in [-0.05, 0) is 17.7 Å². The maximum Gasteiger partial charge on any atom is 0.407 e. The van der Waals surface area contributed by atoms with E-state index < -0.39 is 6.09 Å². The average molecular weight is 279 g/mol. The van der Waals surface area contributed by atoms with Gasteiger partial charge in [0.15, 0.2) is 11.5 Å². The Hall–Kier alpha value is -2.37. The van der Waals surface area contributed by atoms with Crippen LogP contribution in [0.4, 0.5) is 4.79 Å². The van der Waals surface area contributed by atoms with Crippen LogP contribution in [0, 0.1) is 0 Å². The molecule has 1 amide bonds. The second-order valence-electron chi connectivity index (χ2n) is 4.17. The van der Waals surface area contributed by atoms with Gasteiger partial charge in [0.2, 0.25) is 5.75 Å². The van der Waals surface area contributed by atoms with Crippen LogP contribution in [0.15, 0.2) is 18.2 Å². The Morgan fingerprint density at radius 1 is 1.20 bits per heavy atom. The molecule has 1 aromatic rings. The molecule has 20 heavy (non-hydrogen) atoms. The van der Waals surface area contributed by atoms with Crippen LogP contribution in [0.2, 0.25) is 0 Å². The smallest absolute Gasteiger partial charge is 0.407 e. The molecule has 1 aliphatic heterocycles. The molecule has 1 atom stereocenters. The lowest BCUT2D eigenvalue weighted by molar-refractivity contribution is 0.177. The first-order valence-electron chi connectivity index (χ1n) is 6.09. The SMILES string of the molecule is COc1cc(/C=C/[C@H]2COC(=O)N2)cc(OC)c1OC. The molecule has 2 rings (SSSR count). The van der Waals surface area contributed by atoms with Crippen molar-refractivity contribution in [1.82, 2.24) is 5.32 Å². The fourth-order valence-corrected chi connectivity index (χ4v) is 1.93. The molecule has 108 valence electrons. The minimum Gasteiger partial charge on any atom is -0.493 e. The number of methoxy groups -OCH3 is 3. The van der Waals surface area contributed by atoms with Crippen molar-refractivity contribution in [2.24, 2.45) is 0 Å². The summed E-state index contributed by atoms with van der Waals surface area (Å²) in [5.74, 6) is 1.71. The van der Waals surface area contributed by atoms with E-state index in [0.29, 0.717) is 23.9 Å². The van der Waals surface area contributed by atoms with Crippen LogP contribution in [0.3, 0.4) is 0 Å². The lowest BCUT2D eigenvalue weighted by atomic mass is 10.1. The number of ether oxygens (including phenoxy) is 4. The van der Waals surface area contributed by atoms with Crippen LogP contribution >= 0.6 is 0 Å². The Bertz CT molecular complexity index is 501. The number of rotatable bonds is 5. The van der Waals surface area contributed by atoms with E-state index in [4.69, 9.17) is 18.9 Å². The van der Waals surface area contributed by atoms with Gasteiger partial charge in [0.25, 0.3) is 0 Å². The molecule has 0 aliphatic carbocycles. The van der Waals surface area contributed by atoms with Gasteiger partial charge in [-0.1, -0.05) is 12.2 Å². The van der Waals surface area contributed by atoms with Crippen molar-refractivity contribution < 1.29 is 23.7 Å². The van der Waals surface area contributed by atoms with Crippen LogP contribution in [0.5, 0.6) is 17.2 Å². The van der Waals surface area contributed by atoms with Gasteiger partial charge in [-0.25, -0.2) is 4.79 Å². The van der Waals surface area contributed by atoms with Gasteiger partial charge in [0.05, 0.1) is 27.4 Å². The van der Waals surface area contributed by atoms with Crippen molar-refractivity contribution in [2.75, 3.05) is 27.9 Å². The van der Waals surface area contributed by atoms with Gasteiger partial charge in [-0.2, -0.15) is 0 Å². The summed E-state index contributed by atoms with van der Waals surface area (Å²) in [5, 5.41) is 2.67. The summed E-state index contributed by atoms with van der Waals surface area (Å²) in [6, 6.07) is 3.53. The van der Waals surface area contributed by atoms with Gasteiger partial charge in [0, 0.05) is 0 Å². The molecule has 0 unspecified atom stereocenters. The molecule has 0 radical (unpaired) electrons. The van der Waals surface area contributed by atoms with E-state index in [9.17, 15) is 4.79 Å². The fourth-order valence-electron chi connectivity index (χ4n) is 1.93. The van der Waals surface area contributed by atoms with Gasteiger partial charge in [0.1, 0.15) is 6.61 Å². The van der Waals surface area contributed by atoms with Crippen molar-refractivity contribution in [3.05, 3.63) is 23.8 Å². The third kappa shape index (κ3) is 2.96. The van der Waals surface area contributed by atoms with Gasteiger partial charge >= 0.3 is 6.09 Å². The van der Waals surface area contributed by atoms with Crippen LogP contribution in [0.1, 0.15) is 5.56 Å². The number of hydrogen-bond donors (Lipinski definition) is 1. The first kappa shape index (κ1) is 14.0. The minimum absolute atomic E-state index is 0.124. The molecular weight excluding hydrogens is 262 g/mol. The summed E-state index contributed by atoms with van der Waals surface area (Å²) in [6.07, 6.45) is 3.32. The van der Waals surface area contributed by atoms with E-state index in [1.807, 2.05) is 24.3 Å². The molecule has 6 nitrogen and oxygen atoms in total. The topological polar surface area (TPSA) is 66.0 Å². The second kappa shape index (κ2) is 6.18. The number of alkyl carbamates (subject to hydrolysis) is 1. The molecule has 1 aromatic carbocycles. The third-order valence-corrected chi connectivity index (χ3v) is 2.91. The average Bonchev–Trinajstić information content (AvgIpc) is 2.89. The molecule has 0 saturated carbocycles. The molecule has 1 aliphatic rings. The minimum atomic E-state index is -0.399. The van der Waals surface area contributed by atoms with Gasteiger partial charge in [-0.15, -0.1) is 0 Å². The number of carbonyl (C=O) groups excluding carboxylic acids is 1. The predicted octanol–water partition coefficient (Wildman–Crippen LogP) is 1.83. The molecule has 6 heteroatoms. The molecule has 1 heterocycles. The number of benzene rings is 1. The monoisotopic (exact) mass is 279 g/mol. The maximum atomic E-state index is 10.9. The molecule has 1 fully saturated rings. The Balaban J connectivity index is 2.23. The molecule has 0 aromatic heterocycles. The van der Waals surface area contributed by atoms with Crippen molar-refractivity contribution in [1.29, 1.82) is 0 Å². The Morgan fingerprint density at radius 2 is 1.85 bits per heavy atom. The fraction of sp³-hybridized carbons (Fsp3) is 0.357. The van der Waals surface area contributed by atoms with Gasteiger partial charge < -0.3 is 24.3 Å². The highest BCUT2D eigenvalue weighted by atomic mass is 16.6. The second-order valence-corrected chi connectivity index (χ2v) is 4.17. The highest BCUT2D eigenvalue weighted by Crippen LogP contribution is 2.38. The summed E-state index contributed by atoms with van der Waals surface area (Å²) in [6.45, 7) is 0.333. The Kier molecular flexibility index (Phi) is 4.34. The lowest BCUT2D eigenvalue weighted by Gasteiger charge is -2.13. The zero-order valence-corrected chi connectivity index (χ0v) is 11.6. The molecule has 0 spiro atoms. The van der Waals surface area contributed by atoms with Crippen molar-refractivity contribution in [3.63, 3.8) is 0 Å². The largest absolute Gasteiger partial charge is 0.493 e. The van der Waals surface area contributed by atoms with E-state index in [1.54, 1.807) is 21.3 Å². The first-order chi connectivity index (χ1) is 9.67. The zero-order chi connectivity index (χ0) is 14.5. The van der Waals surface area contributed by atoms with Gasteiger partial charge in [-0.3, -0.25) is 0 Å². The Morgan fingerprint density at radius 3 is 2.30 bits per heavy atom. The molecule has 0 bridgehead atoms. The number of amides is 1. The van der Waals surface area contributed by atoms with Crippen LogP contribution in [-0.4, -0.2) is 40.1 Å². The van der Waals surface area contributed by atoms with Crippen molar-refractivity contribution >= 4 is 12.2 Å². The van der Waals surface area contributed by atoms with Crippen LogP contribution in [-0.2, 0) is 4.74 Å². The normalized spacial score (nSPS) is 17.8. The van der Waals surface area contributed by atoms with E-state index in [1.165, 1.54) is 0 Å². The number of cyclic esters (lactones) is 1. The summed E-state index contributed by atoms with van der Waals surface area (Å²) >= 11 is 0. The number of carbonyl (C=O) groups is 1.